The quantitative estimate of drug-likeness (QED) is 0.135. The highest BCUT2D eigenvalue weighted by Gasteiger charge is 2.09. The van der Waals surface area contributed by atoms with Gasteiger partial charge in [0.05, 0.1) is 11.1 Å². The summed E-state index contributed by atoms with van der Waals surface area (Å²) in [6.07, 6.45) is 2.36. The molecule has 0 radical (unpaired) electrons. The second-order valence-corrected chi connectivity index (χ2v) is 12.8. The number of hydrogen-bond acceptors (Lipinski definition) is 6. The Balaban J connectivity index is 0.000000260. The molecule has 0 amide bonds. The Labute approximate surface area is 284 Å². The lowest BCUT2D eigenvalue weighted by Gasteiger charge is -2.18. The molecular formula is C40H46F2N4O2. The second-order valence-electron chi connectivity index (χ2n) is 12.8. The molecular weight excluding hydrogens is 606 g/mol. The van der Waals surface area contributed by atoms with Crippen LogP contribution in [0.25, 0.3) is 0 Å². The van der Waals surface area contributed by atoms with Crippen LogP contribution in [0.15, 0.2) is 84.9 Å². The number of rotatable bonds is 14. The maximum atomic E-state index is 13.6. The fourth-order valence-corrected chi connectivity index (χ4v) is 4.65. The van der Waals surface area contributed by atoms with Crippen LogP contribution in [-0.2, 0) is 13.1 Å². The molecule has 4 aromatic carbocycles. The summed E-state index contributed by atoms with van der Waals surface area (Å²) in [5.41, 5.74) is 2.73. The van der Waals surface area contributed by atoms with Crippen LogP contribution in [0.5, 0.6) is 23.0 Å². The third-order valence-electron chi connectivity index (χ3n) is 7.52. The monoisotopic (exact) mass is 652 g/mol. The van der Waals surface area contributed by atoms with E-state index in [0.29, 0.717) is 34.6 Å². The summed E-state index contributed by atoms with van der Waals surface area (Å²) in [4.78, 5) is 4.59. The van der Waals surface area contributed by atoms with Crippen LogP contribution >= 0.6 is 0 Å². The number of hydrogen-bond donors (Lipinski definition) is 0. The van der Waals surface area contributed by atoms with Crippen LogP contribution in [-0.4, -0.2) is 37.0 Å². The van der Waals surface area contributed by atoms with E-state index >= 15 is 0 Å². The molecule has 0 aliphatic heterocycles. The SMILES string of the molecule is CC(C)CCN(C)Cc1ccc(Oc2cc(F)ccc2C#N)cc1.CC(C)CCN(C)Cc1ccc(Oc2ccc(C#N)c(F)c2)cc1. The second kappa shape index (κ2) is 19.2. The molecule has 4 rings (SSSR count). The van der Waals surface area contributed by atoms with Gasteiger partial charge in [0.15, 0.2) is 0 Å². The van der Waals surface area contributed by atoms with E-state index in [1.165, 1.54) is 54.3 Å². The Bertz CT molecular complexity index is 1660. The lowest BCUT2D eigenvalue weighted by Crippen LogP contribution is -2.20. The number of nitrogens with zero attached hydrogens (tertiary/aromatic N) is 4. The van der Waals surface area contributed by atoms with Crippen molar-refractivity contribution in [1.82, 2.24) is 9.80 Å². The lowest BCUT2D eigenvalue weighted by molar-refractivity contribution is 0.303. The molecule has 0 unspecified atom stereocenters. The summed E-state index contributed by atoms with van der Waals surface area (Å²) in [6.45, 7) is 12.8. The topological polar surface area (TPSA) is 72.5 Å². The smallest absolute Gasteiger partial charge is 0.148 e. The molecule has 252 valence electrons. The van der Waals surface area contributed by atoms with Crippen molar-refractivity contribution in [3.05, 3.63) is 119 Å². The molecule has 0 atom stereocenters. The standard InChI is InChI=1S/2C20H23FN2O/c1-15(2)10-11-23(3)14-16-4-8-19(9-5-16)24-20-12-18(21)7-6-17(20)13-22;1-15(2)10-11-23(3)14-16-4-7-18(8-5-16)24-19-9-6-17(13-22)20(21)12-19/h2*4-9,12,15H,10-11,14H2,1-3H3. The first-order chi connectivity index (χ1) is 22.9. The highest BCUT2D eigenvalue weighted by atomic mass is 19.1. The predicted molar refractivity (Wildman–Crippen MR) is 187 cm³/mol. The zero-order valence-electron chi connectivity index (χ0n) is 28.8. The van der Waals surface area contributed by atoms with Crippen molar-refractivity contribution >= 4 is 0 Å². The van der Waals surface area contributed by atoms with Gasteiger partial charge in [0, 0.05) is 25.2 Å². The number of halogens is 2. The van der Waals surface area contributed by atoms with Crippen LogP contribution in [0.3, 0.4) is 0 Å². The first-order valence-corrected chi connectivity index (χ1v) is 16.3. The predicted octanol–water partition coefficient (Wildman–Crippen LogP) is 9.94. The van der Waals surface area contributed by atoms with Crippen molar-refractivity contribution in [2.75, 3.05) is 27.2 Å². The molecule has 0 aromatic heterocycles. The van der Waals surface area contributed by atoms with E-state index in [2.05, 4.69) is 51.6 Å². The summed E-state index contributed by atoms with van der Waals surface area (Å²) in [6, 6.07) is 27.4. The Morgan fingerprint density at radius 3 is 1.52 bits per heavy atom. The van der Waals surface area contributed by atoms with Gasteiger partial charge in [0.1, 0.15) is 46.8 Å². The van der Waals surface area contributed by atoms with Gasteiger partial charge in [-0.3, -0.25) is 0 Å². The van der Waals surface area contributed by atoms with Crippen LogP contribution in [0.2, 0.25) is 0 Å². The zero-order chi connectivity index (χ0) is 35.1. The molecule has 0 N–H and O–H groups in total. The summed E-state index contributed by atoms with van der Waals surface area (Å²) < 4.78 is 38.2. The number of benzene rings is 4. The van der Waals surface area contributed by atoms with Gasteiger partial charge in [0.25, 0.3) is 0 Å². The van der Waals surface area contributed by atoms with E-state index in [1.54, 1.807) is 12.1 Å². The summed E-state index contributed by atoms with van der Waals surface area (Å²) in [5, 5.41) is 17.8. The van der Waals surface area contributed by atoms with Gasteiger partial charge in [-0.2, -0.15) is 10.5 Å². The molecule has 4 aromatic rings. The minimum atomic E-state index is -0.571. The molecule has 8 heteroatoms. The first kappa shape index (κ1) is 37.7. The minimum Gasteiger partial charge on any atom is -0.457 e. The van der Waals surface area contributed by atoms with Crippen LogP contribution in [0, 0.1) is 46.1 Å². The van der Waals surface area contributed by atoms with Crippen LogP contribution in [0.1, 0.15) is 62.8 Å². The van der Waals surface area contributed by atoms with Crippen molar-refractivity contribution in [1.29, 1.82) is 10.5 Å². The van der Waals surface area contributed by atoms with Gasteiger partial charge in [-0.1, -0.05) is 52.0 Å². The zero-order valence-corrected chi connectivity index (χ0v) is 28.8. The highest BCUT2D eigenvalue weighted by molar-refractivity contribution is 5.45. The van der Waals surface area contributed by atoms with Gasteiger partial charge < -0.3 is 19.3 Å². The molecule has 0 fully saturated rings. The Morgan fingerprint density at radius 1 is 0.604 bits per heavy atom. The third-order valence-corrected chi connectivity index (χ3v) is 7.52. The molecule has 6 nitrogen and oxygen atoms in total. The maximum Gasteiger partial charge on any atom is 0.148 e. The van der Waals surface area contributed by atoms with E-state index in [1.807, 2.05) is 54.6 Å². The van der Waals surface area contributed by atoms with Crippen LogP contribution < -0.4 is 9.47 Å². The van der Waals surface area contributed by atoms with E-state index < -0.39 is 11.6 Å². The van der Waals surface area contributed by atoms with E-state index in [0.717, 1.165) is 26.2 Å². The molecule has 0 spiro atoms. The van der Waals surface area contributed by atoms with Crippen LogP contribution in [0.4, 0.5) is 8.78 Å². The van der Waals surface area contributed by atoms with Gasteiger partial charge in [-0.05, 0) is 112 Å². The van der Waals surface area contributed by atoms with Crippen molar-refractivity contribution in [3.8, 4) is 35.1 Å². The highest BCUT2D eigenvalue weighted by Crippen LogP contribution is 2.27. The summed E-state index contributed by atoms with van der Waals surface area (Å²) >= 11 is 0. The van der Waals surface area contributed by atoms with Crippen molar-refractivity contribution in [3.63, 3.8) is 0 Å². The fourth-order valence-electron chi connectivity index (χ4n) is 4.65. The fraction of sp³-hybridized carbons (Fsp3) is 0.350. The van der Waals surface area contributed by atoms with Crippen molar-refractivity contribution in [2.45, 2.75) is 53.6 Å². The average molecular weight is 653 g/mol. The minimum absolute atomic E-state index is 0.0159. The maximum absolute atomic E-state index is 13.6. The molecule has 0 saturated heterocycles. The Morgan fingerprint density at radius 2 is 1.06 bits per heavy atom. The van der Waals surface area contributed by atoms with Gasteiger partial charge >= 0.3 is 0 Å². The number of nitriles is 2. The first-order valence-electron chi connectivity index (χ1n) is 16.3. The summed E-state index contributed by atoms with van der Waals surface area (Å²) in [5.74, 6) is 2.26. The van der Waals surface area contributed by atoms with Crippen molar-refractivity contribution < 1.29 is 18.3 Å². The molecule has 0 aliphatic carbocycles. The lowest BCUT2D eigenvalue weighted by atomic mass is 10.1. The van der Waals surface area contributed by atoms with Crippen molar-refractivity contribution in [2.24, 2.45) is 11.8 Å². The van der Waals surface area contributed by atoms with Gasteiger partial charge in [-0.15, -0.1) is 0 Å². The Hall–Kier alpha value is -4.76. The third kappa shape index (κ3) is 13.2. The summed E-state index contributed by atoms with van der Waals surface area (Å²) in [7, 11) is 4.23. The van der Waals surface area contributed by atoms with E-state index in [-0.39, 0.29) is 11.3 Å². The van der Waals surface area contributed by atoms with Gasteiger partial charge in [0.2, 0.25) is 0 Å². The van der Waals surface area contributed by atoms with E-state index in [4.69, 9.17) is 20.0 Å². The largest absolute Gasteiger partial charge is 0.457 e. The van der Waals surface area contributed by atoms with E-state index in [9.17, 15) is 8.78 Å². The van der Waals surface area contributed by atoms with Gasteiger partial charge in [-0.25, -0.2) is 8.78 Å². The molecule has 48 heavy (non-hydrogen) atoms. The molecule has 0 bridgehead atoms. The Kier molecular flexibility index (Phi) is 15.0. The average Bonchev–Trinajstić information content (AvgIpc) is 3.05. The number of ether oxygens (including phenoxy) is 2. The normalized spacial score (nSPS) is 10.9. The molecule has 0 aliphatic rings. The molecule has 0 heterocycles. The molecule has 0 saturated carbocycles.